The van der Waals surface area contributed by atoms with Gasteiger partial charge < -0.3 is 9.47 Å². The van der Waals surface area contributed by atoms with Gasteiger partial charge in [-0.1, -0.05) is 46.9 Å². The van der Waals surface area contributed by atoms with Crippen LogP contribution in [0.15, 0.2) is 73.9 Å². The van der Waals surface area contributed by atoms with Gasteiger partial charge in [-0.15, -0.1) is 23.5 Å². The molecule has 0 spiro atoms. The minimum absolute atomic E-state index is 0.0801. The van der Waals surface area contributed by atoms with Crippen LogP contribution < -0.4 is 4.06 Å². The number of hydrogen-bond acceptors (Lipinski definition) is 13. The highest BCUT2D eigenvalue weighted by Gasteiger charge is 2.12. The molecule has 0 aliphatic rings. The fourth-order valence-corrected chi connectivity index (χ4v) is 7.92. The number of nitro groups is 2. The summed E-state index contributed by atoms with van der Waals surface area (Å²) in [6.45, 7) is 0.191. The first kappa shape index (κ1) is 30.7. The Kier molecular flexibility index (Phi) is 12.1. The Morgan fingerprint density at radius 2 is 1.20 bits per heavy atom. The minimum Gasteiger partial charge on any atom is -0.462 e. The molecule has 0 atom stereocenters. The zero-order chi connectivity index (χ0) is 28.9. The first-order chi connectivity index (χ1) is 19.2. The van der Waals surface area contributed by atoms with Gasteiger partial charge in [-0.3, -0.25) is 25.0 Å². The number of thioether (sulfide) groups is 2. The van der Waals surface area contributed by atoms with Crippen molar-refractivity contribution in [2.24, 2.45) is 0 Å². The molecule has 1 heterocycles. The van der Waals surface area contributed by atoms with Crippen LogP contribution in [0.5, 0.6) is 0 Å². The molecule has 0 bridgehead atoms. The largest absolute Gasteiger partial charge is 0.462 e. The number of non-ortho nitro benzene ring substituents is 2. The summed E-state index contributed by atoms with van der Waals surface area (Å²) in [5, 5.41) is 21.7. The molecule has 40 heavy (non-hydrogen) atoms. The lowest BCUT2D eigenvalue weighted by atomic mass is 10.2. The summed E-state index contributed by atoms with van der Waals surface area (Å²) in [5.74, 6) is -0.370. The summed E-state index contributed by atoms with van der Waals surface area (Å²) in [6.07, 6.45) is 5.23. The highest BCUT2D eigenvalue weighted by molar-refractivity contribution is 8.05. The van der Waals surface area contributed by atoms with Crippen molar-refractivity contribution in [3.63, 3.8) is 0 Å². The lowest BCUT2D eigenvalue weighted by Gasteiger charge is -2.04. The molecular weight excluding hydrogens is 601 g/mol. The minimum atomic E-state index is -0.596. The highest BCUT2D eigenvalue weighted by atomic mass is 32.2. The molecule has 1 aromatic heterocycles. The summed E-state index contributed by atoms with van der Waals surface area (Å²) in [6, 6.07) is 11.7. The van der Waals surface area contributed by atoms with Gasteiger partial charge >= 0.3 is 11.9 Å². The maximum atomic E-state index is 11.9. The summed E-state index contributed by atoms with van der Waals surface area (Å²) in [5.41, 5.74) is 0.829. The van der Waals surface area contributed by atoms with Crippen LogP contribution in [0, 0.1) is 20.2 Å². The average molecular weight is 621 g/mol. The predicted molar refractivity (Wildman–Crippen MR) is 156 cm³/mol. The number of hydrogen-bond donors (Lipinski definition) is 0. The second-order valence-corrected chi connectivity index (χ2v) is 12.4. The van der Waals surface area contributed by atoms with Crippen LogP contribution in [-0.2, 0) is 19.1 Å². The predicted octanol–water partition coefficient (Wildman–Crippen LogP) is 5.68. The Labute approximate surface area is 243 Å². The van der Waals surface area contributed by atoms with Crippen molar-refractivity contribution < 1.29 is 28.9 Å². The van der Waals surface area contributed by atoms with Gasteiger partial charge in [-0.2, -0.15) is 0 Å². The van der Waals surface area contributed by atoms with Crippen LogP contribution in [0.1, 0.15) is 11.1 Å². The third kappa shape index (κ3) is 10.4. The quantitative estimate of drug-likeness (QED) is 0.0545. The SMILES string of the molecule is O=C(/C=C/c1cccc([N+](=O)[O-])c1)OCCSc1sc(=O)sc1SCCOC(=O)/C=C/c1cccc([N+](=O)[O-])c1. The van der Waals surface area contributed by atoms with E-state index < -0.39 is 21.8 Å². The first-order valence-corrected chi connectivity index (χ1v) is 14.9. The average Bonchev–Trinajstić information content (AvgIpc) is 3.30. The number of ether oxygens (including phenoxy) is 2. The summed E-state index contributed by atoms with van der Waals surface area (Å²) in [4.78, 5) is 56.4. The maximum Gasteiger partial charge on any atom is 0.330 e. The van der Waals surface area contributed by atoms with E-state index in [1.165, 1.54) is 84.2 Å². The van der Waals surface area contributed by atoms with Gasteiger partial charge in [0.05, 0.1) is 18.3 Å². The molecule has 0 amide bonds. The third-order valence-corrected chi connectivity index (χ3v) is 9.64. The standard InChI is InChI=1S/C25H20N2O9S4/c28-21(9-7-17-3-1-5-19(15-17)26(31)32)35-11-13-37-23-24(40-25(30)39-23)38-14-12-36-22(29)10-8-18-4-2-6-20(16-18)27(33)34/h1-10,15-16H,11-14H2/b9-7+,10-8+. The normalized spacial score (nSPS) is 11.1. The second kappa shape index (κ2) is 15.7. The van der Waals surface area contributed by atoms with Gasteiger partial charge in [0.1, 0.15) is 13.2 Å². The molecule has 0 radical (unpaired) electrons. The molecule has 0 aliphatic carbocycles. The van der Waals surface area contributed by atoms with Gasteiger partial charge in [0.2, 0.25) is 0 Å². The Hall–Kier alpha value is -3.79. The van der Waals surface area contributed by atoms with E-state index in [-0.39, 0.29) is 28.6 Å². The van der Waals surface area contributed by atoms with Gasteiger partial charge in [-0.25, -0.2) is 9.59 Å². The van der Waals surface area contributed by atoms with E-state index in [9.17, 15) is 34.6 Å². The van der Waals surface area contributed by atoms with Crippen molar-refractivity contribution in [3.05, 3.63) is 101 Å². The summed E-state index contributed by atoms with van der Waals surface area (Å²) in [7, 11) is 0. The number of nitrogens with zero attached hydrogens (tertiary/aromatic N) is 2. The van der Waals surface area contributed by atoms with E-state index in [4.69, 9.17) is 9.47 Å². The van der Waals surface area contributed by atoms with Crippen molar-refractivity contribution >= 4 is 81.7 Å². The number of benzene rings is 2. The summed E-state index contributed by atoms with van der Waals surface area (Å²) < 4.78 is 11.8. The maximum absolute atomic E-state index is 11.9. The van der Waals surface area contributed by atoms with Crippen molar-refractivity contribution in [2.45, 2.75) is 8.42 Å². The number of carbonyl (C=O) groups is 2. The van der Waals surface area contributed by atoms with E-state index in [1.54, 1.807) is 12.1 Å². The molecule has 15 heteroatoms. The number of rotatable bonds is 14. The van der Waals surface area contributed by atoms with Crippen LogP contribution in [0.3, 0.4) is 0 Å². The Balaban J connectivity index is 1.38. The molecule has 3 rings (SSSR count). The van der Waals surface area contributed by atoms with E-state index in [2.05, 4.69) is 0 Å². The van der Waals surface area contributed by atoms with Gasteiger partial charge in [0, 0.05) is 47.9 Å². The number of nitro benzene ring substituents is 2. The molecule has 11 nitrogen and oxygen atoms in total. The van der Waals surface area contributed by atoms with Gasteiger partial charge in [0.25, 0.3) is 15.4 Å². The summed E-state index contributed by atoms with van der Waals surface area (Å²) >= 11 is 4.91. The molecule has 0 fully saturated rings. The van der Waals surface area contributed by atoms with Crippen LogP contribution in [0.4, 0.5) is 11.4 Å². The third-order valence-electron chi connectivity index (χ3n) is 4.63. The zero-order valence-corrected chi connectivity index (χ0v) is 23.7. The van der Waals surface area contributed by atoms with E-state index in [0.29, 0.717) is 22.6 Å². The molecule has 0 aliphatic heterocycles. The van der Waals surface area contributed by atoms with Crippen molar-refractivity contribution in [1.82, 2.24) is 0 Å². The van der Waals surface area contributed by atoms with Crippen molar-refractivity contribution in [2.75, 3.05) is 24.7 Å². The van der Waals surface area contributed by atoms with E-state index >= 15 is 0 Å². The molecule has 2 aromatic carbocycles. The fourth-order valence-electron chi connectivity index (χ4n) is 2.89. The van der Waals surface area contributed by atoms with Crippen molar-refractivity contribution in [1.29, 1.82) is 0 Å². The second-order valence-electron chi connectivity index (χ2n) is 7.43. The first-order valence-electron chi connectivity index (χ1n) is 11.3. The Morgan fingerprint density at radius 3 is 1.60 bits per heavy atom. The lowest BCUT2D eigenvalue weighted by molar-refractivity contribution is -0.385. The Bertz CT molecular complexity index is 1390. The highest BCUT2D eigenvalue weighted by Crippen LogP contribution is 2.36. The van der Waals surface area contributed by atoms with Crippen LogP contribution in [0.25, 0.3) is 12.2 Å². The monoisotopic (exact) mass is 620 g/mol. The number of carbonyl (C=O) groups excluding carboxylic acids is 2. The smallest absolute Gasteiger partial charge is 0.330 e. The molecule has 0 unspecified atom stereocenters. The van der Waals surface area contributed by atoms with Gasteiger partial charge in [0.15, 0.2) is 0 Å². The van der Waals surface area contributed by atoms with Gasteiger partial charge in [-0.05, 0) is 23.3 Å². The van der Waals surface area contributed by atoms with E-state index in [1.807, 2.05) is 0 Å². The molecule has 0 N–H and O–H groups in total. The Morgan fingerprint density at radius 1 is 0.775 bits per heavy atom. The molecule has 0 saturated heterocycles. The topological polar surface area (TPSA) is 156 Å². The molecule has 0 saturated carbocycles. The number of esters is 2. The van der Waals surface area contributed by atoms with Crippen LogP contribution in [0.2, 0.25) is 0 Å². The lowest BCUT2D eigenvalue weighted by Crippen LogP contribution is -2.04. The van der Waals surface area contributed by atoms with E-state index in [0.717, 1.165) is 31.1 Å². The van der Waals surface area contributed by atoms with Crippen LogP contribution in [-0.4, -0.2) is 46.5 Å². The molecule has 3 aromatic rings. The van der Waals surface area contributed by atoms with Crippen molar-refractivity contribution in [3.8, 4) is 0 Å². The zero-order valence-electron chi connectivity index (χ0n) is 20.5. The molecule has 208 valence electrons. The fraction of sp³-hybridized carbons (Fsp3) is 0.160. The van der Waals surface area contributed by atoms with Crippen LogP contribution >= 0.6 is 46.2 Å². The molecular formula is C25H20N2O9S4.